The van der Waals surface area contributed by atoms with Crippen LogP contribution in [0.2, 0.25) is 0 Å². The third-order valence-electron chi connectivity index (χ3n) is 9.81. The lowest BCUT2D eigenvalue weighted by Crippen LogP contribution is -2.55. The van der Waals surface area contributed by atoms with Gasteiger partial charge in [0.2, 0.25) is 0 Å². The van der Waals surface area contributed by atoms with Gasteiger partial charge in [0.25, 0.3) is 0 Å². The van der Waals surface area contributed by atoms with Gasteiger partial charge in [-0.25, -0.2) is 0 Å². The van der Waals surface area contributed by atoms with Crippen LogP contribution in [-0.4, -0.2) is 42.3 Å². The predicted molar refractivity (Wildman–Crippen MR) is 105 cm³/mol. The van der Waals surface area contributed by atoms with E-state index in [1.54, 1.807) is 0 Å². The second kappa shape index (κ2) is 5.73. The number of allylic oxidation sites excluding steroid dienone is 1. The van der Waals surface area contributed by atoms with Crippen LogP contribution in [0.15, 0.2) is 11.6 Å². The Balaban J connectivity index is 1.28. The highest BCUT2D eigenvalue weighted by Gasteiger charge is 2.81. The van der Waals surface area contributed by atoms with Crippen molar-refractivity contribution < 1.29 is 23.8 Å². The SMILES string of the molecule is CC(=O)O[C@H]1CC[C@@]2(C)C(=CC[C@H]3[C@H]4C[C@H]5O[C@@]5(C(=O)[C@@H]5CO5)[C@@]4(C)CC[C@@H]32)C1. The van der Waals surface area contributed by atoms with Gasteiger partial charge < -0.3 is 14.2 Å². The molecule has 29 heavy (non-hydrogen) atoms. The number of carbonyl (C=O) groups excluding carboxylic acids is 2. The molecule has 2 aliphatic heterocycles. The van der Waals surface area contributed by atoms with Crippen molar-refractivity contribution in [3.8, 4) is 0 Å². The summed E-state index contributed by atoms with van der Waals surface area (Å²) < 4.78 is 17.0. The summed E-state index contributed by atoms with van der Waals surface area (Å²) in [5.74, 6) is 1.92. The Morgan fingerprint density at radius 2 is 1.97 bits per heavy atom. The first-order valence-electron chi connectivity index (χ1n) is 11.5. The van der Waals surface area contributed by atoms with Crippen molar-refractivity contribution in [3.05, 3.63) is 11.6 Å². The van der Waals surface area contributed by atoms with E-state index in [-0.39, 0.29) is 40.9 Å². The average Bonchev–Trinajstić information content (AvgIpc) is 3.58. The van der Waals surface area contributed by atoms with E-state index in [9.17, 15) is 9.59 Å². The van der Waals surface area contributed by atoms with Gasteiger partial charge in [0.15, 0.2) is 11.4 Å². The Hall–Kier alpha value is -1.20. The second-order valence-electron chi connectivity index (χ2n) is 11.0. The quantitative estimate of drug-likeness (QED) is 0.411. The Bertz CT molecular complexity index is 814. The third-order valence-corrected chi connectivity index (χ3v) is 9.81. The van der Waals surface area contributed by atoms with E-state index in [2.05, 4.69) is 19.9 Å². The van der Waals surface area contributed by atoms with Crippen molar-refractivity contribution in [3.63, 3.8) is 0 Å². The summed E-state index contributed by atoms with van der Waals surface area (Å²) in [6, 6.07) is 0. The number of fused-ring (bicyclic) bond motifs is 7. The largest absolute Gasteiger partial charge is 0.462 e. The van der Waals surface area contributed by atoms with E-state index in [0.717, 1.165) is 38.5 Å². The highest BCUT2D eigenvalue weighted by molar-refractivity contribution is 5.97. The Labute approximate surface area is 172 Å². The first-order valence-corrected chi connectivity index (χ1v) is 11.5. The van der Waals surface area contributed by atoms with Crippen molar-refractivity contribution in [2.24, 2.45) is 28.6 Å². The predicted octanol–water partition coefficient (Wildman–Crippen LogP) is 3.60. The van der Waals surface area contributed by atoms with Crippen LogP contribution in [-0.2, 0) is 23.8 Å². The van der Waals surface area contributed by atoms with Crippen molar-refractivity contribution >= 4 is 11.8 Å². The first kappa shape index (κ1) is 18.6. The fourth-order valence-electron chi connectivity index (χ4n) is 8.25. The van der Waals surface area contributed by atoms with Crippen LogP contribution < -0.4 is 0 Å². The average molecular weight is 401 g/mol. The molecule has 0 amide bonds. The summed E-state index contributed by atoms with van der Waals surface area (Å²) in [6.45, 7) is 6.88. The number of rotatable bonds is 3. The van der Waals surface area contributed by atoms with Crippen LogP contribution in [0.4, 0.5) is 0 Å². The van der Waals surface area contributed by atoms with Gasteiger partial charge in [-0.15, -0.1) is 0 Å². The lowest BCUT2D eigenvalue weighted by Gasteiger charge is -2.58. The summed E-state index contributed by atoms with van der Waals surface area (Å²) in [5.41, 5.74) is 1.13. The van der Waals surface area contributed by atoms with Gasteiger partial charge in [0.05, 0.1) is 12.7 Å². The van der Waals surface area contributed by atoms with Gasteiger partial charge in [0.1, 0.15) is 12.2 Å². The zero-order valence-electron chi connectivity index (χ0n) is 17.7. The summed E-state index contributed by atoms with van der Waals surface area (Å²) in [6.07, 6.45) is 9.75. The van der Waals surface area contributed by atoms with E-state index in [4.69, 9.17) is 14.2 Å². The Morgan fingerprint density at radius 1 is 1.17 bits per heavy atom. The minimum Gasteiger partial charge on any atom is -0.462 e. The standard InChI is InChI=1S/C24H32O5/c1-13(25)28-15-6-8-22(2)14(10-15)4-5-16-17(22)7-9-23(3)18(16)11-20-24(23,29-20)21(26)19-12-27-19/h4,15-20H,5-12H2,1-3H3/t15-,16+,17-,18+,19-,20+,22-,23-,24-/m0/s1. The van der Waals surface area contributed by atoms with Crippen LogP contribution in [0.1, 0.15) is 65.7 Å². The van der Waals surface area contributed by atoms with Crippen LogP contribution >= 0.6 is 0 Å². The Morgan fingerprint density at radius 3 is 2.69 bits per heavy atom. The molecular formula is C24H32O5. The summed E-state index contributed by atoms with van der Waals surface area (Å²) >= 11 is 0. The van der Waals surface area contributed by atoms with E-state index >= 15 is 0 Å². The molecule has 0 aromatic carbocycles. The fraction of sp³-hybridized carbons (Fsp3) is 0.833. The molecule has 6 rings (SSSR count). The molecule has 5 fully saturated rings. The normalized spacial score (nSPS) is 54.2. The monoisotopic (exact) mass is 400 g/mol. The minimum absolute atomic E-state index is 0.0431. The number of epoxide rings is 2. The van der Waals surface area contributed by atoms with Crippen molar-refractivity contribution in [2.45, 2.75) is 89.6 Å². The maximum Gasteiger partial charge on any atom is 0.302 e. The second-order valence-corrected chi connectivity index (χ2v) is 11.0. The Kier molecular flexibility index (Phi) is 3.67. The molecule has 5 nitrogen and oxygen atoms in total. The lowest BCUT2D eigenvalue weighted by molar-refractivity contribution is -0.149. The zero-order valence-corrected chi connectivity index (χ0v) is 17.7. The highest BCUT2D eigenvalue weighted by atomic mass is 16.6. The number of hydrogen-bond acceptors (Lipinski definition) is 5. The van der Waals surface area contributed by atoms with E-state index in [0.29, 0.717) is 24.4 Å². The van der Waals surface area contributed by atoms with Gasteiger partial charge in [-0.2, -0.15) is 0 Å². The summed E-state index contributed by atoms with van der Waals surface area (Å²) in [7, 11) is 0. The molecule has 158 valence electrons. The smallest absolute Gasteiger partial charge is 0.302 e. The minimum atomic E-state index is -0.554. The van der Waals surface area contributed by atoms with E-state index < -0.39 is 5.60 Å². The maximum atomic E-state index is 13.1. The van der Waals surface area contributed by atoms with E-state index in [1.807, 2.05) is 0 Å². The molecule has 0 N–H and O–H groups in total. The molecule has 0 spiro atoms. The summed E-state index contributed by atoms with van der Waals surface area (Å²) in [4.78, 5) is 24.5. The van der Waals surface area contributed by atoms with Crippen LogP contribution in [0.3, 0.4) is 0 Å². The molecule has 0 bridgehead atoms. The lowest BCUT2D eigenvalue weighted by atomic mass is 9.47. The van der Waals surface area contributed by atoms with Gasteiger partial charge in [-0.05, 0) is 61.7 Å². The number of ketones is 1. The number of carbonyl (C=O) groups is 2. The first-order chi connectivity index (χ1) is 13.8. The molecular weight excluding hydrogens is 368 g/mol. The van der Waals surface area contributed by atoms with Gasteiger partial charge >= 0.3 is 5.97 Å². The molecule has 9 atom stereocenters. The van der Waals surface area contributed by atoms with Crippen LogP contribution in [0, 0.1) is 28.6 Å². The number of ether oxygens (including phenoxy) is 3. The molecule has 6 aliphatic rings. The number of esters is 1. The highest BCUT2D eigenvalue weighted by Crippen LogP contribution is 2.73. The molecule has 3 saturated carbocycles. The molecule has 0 radical (unpaired) electrons. The zero-order chi connectivity index (χ0) is 20.2. The maximum absolute atomic E-state index is 13.1. The topological polar surface area (TPSA) is 68.4 Å². The molecule has 4 aliphatic carbocycles. The van der Waals surface area contributed by atoms with Gasteiger partial charge in [-0.1, -0.05) is 25.5 Å². The molecule has 2 saturated heterocycles. The summed E-state index contributed by atoms with van der Waals surface area (Å²) in [5, 5.41) is 0. The molecule has 2 heterocycles. The van der Waals surface area contributed by atoms with Gasteiger partial charge in [-0.3, -0.25) is 9.59 Å². The molecule has 0 aromatic rings. The molecule has 0 unspecified atom stereocenters. The van der Waals surface area contributed by atoms with Crippen molar-refractivity contribution in [1.82, 2.24) is 0 Å². The van der Waals surface area contributed by atoms with Gasteiger partial charge in [0, 0.05) is 18.8 Å². The van der Waals surface area contributed by atoms with Crippen molar-refractivity contribution in [2.75, 3.05) is 6.61 Å². The van der Waals surface area contributed by atoms with E-state index in [1.165, 1.54) is 18.9 Å². The van der Waals surface area contributed by atoms with Crippen molar-refractivity contribution in [1.29, 1.82) is 0 Å². The van der Waals surface area contributed by atoms with Crippen LogP contribution in [0.5, 0.6) is 0 Å². The molecule has 0 aromatic heterocycles. The fourth-order valence-corrected chi connectivity index (χ4v) is 8.25. The number of Topliss-reactive ketones (excluding diaryl/α,β-unsaturated/α-hetero) is 1. The number of hydrogen-bond donors (Lipinski definition) is 0. The molecule has 5 heteroatoms. The third kappa shape index (κ3) is 2.29. The van der Waals surface area contributed by atoms with Crippen LogP contribution in [0.25, 0.3) is 0 Å².